The molecular formula is C17H27N3. The Morgan fingerprint density at radius 3 is 2.50 bits per heavy atom. The second-order valence-corrected chi connectivity index (χ2v) is 6.75. The van der Waals surface area contributed by atoms with Gasteiger partial charge in [0.2, 0.25) is 0 Å². The van der Waals surface area contributed by atoms with Gasteiger partial charge in [0.05, 0.1) is 11.0 Å². The van der Waals surface area contributed by atoms with Gasteiger partial charge in [0.25, 0.3) is 0 Å². The first kappa shape index (κ1) is 15.0. The molecule has 0 bridgehead atoms. The smallest absolute Gasteiger partial charge is 0.109 e. The van der Waals surface area contributed by atoms with E-state index in [1.807, 2.05) is 6.07 Å². The summed E-state index contributed by atoms with van der Waals surface area (Å²) >= 11 is 0. The summed E-state index contributed by atoms with van der Waals surface area (Å²) < 4.78 is 2.22. The van der Waals surface area contributed by atoms with Gasteiger partial charge in [-0.2, -0.15) is 0 Å². The van der Waals surface area contributed by atoms with Crippen molar-refractivity contribution in [1.82, 2.24) is 9.55 Å². The van der Waals surface area contributed by atoms with Gasteiger partial charge in [-0.25, -0.2) is 4.98 Å². The average molecular weight is 273 g/mol. The van der Waals surface area contributed by atoms with Crippen molar-refractivity contribution in [3.63, 3.8) is 0 Å². The molecule has 3 nitrogen and oxygen atoms in total. The van der Waals surface area contributed by atoms with E-state index in [9.17, 15) is 0 Å². The van der Waals surface area contributed by atoms with Crippen molar-refractivity contribution in [3.8, 4) is 0 Å². The number of aromatic nitrogens is 2. The first-order valence-electron chi connectivity index (χ1n) is 7.54. The number of hydrogen-bond donors (Lipinski definition) is 1. The van der Waals surface area contributed by atoms with Crippen LogP contribution in [0.1, 0.15) is 39.4 Å². The summed E-state index contributed by atoms with van der Waals surface area (Å²) in [4.78, 5) is 4.76. The van der Waals surface area contributed by atoms with Gasteiger partial charge in [-0.1, -0.05) is 32.9 Å². The number of nitrogens with two attached hydrogens (primary N) is 1. The molecule has 0 aliphatic rings. The van der Waals surface area contributed by atoms with Crippen LogP contribution in [0, 0.1) is 11.3 Å². The monoisotopic (exact) mass is 273 g/mol. The first-order valence-corrected chi connectivity index (χ1v) is 7.54. The normalized spacial score (nSPS) is 13.8. The molecule has 2 rings (SSSR count). The summed E-state index contributed by atoms with van der Waals surface area (Å²) in [6.07, 6.45) is 3.26. The lowest BCUT2D eigenvalue weighted by Crippen LogP contribution is -2.24. The number of para-hydroxylation sites is 2. The van der Waals surface area contributed by atoms with Crippen LogP contribution in [0.5, 0.6) is 0 Å². The molecule has 0 saturated heterocycles. The molecule has 0 spiro atoms. The van der Waals surface area contributed by atoms with Crippen LogP contribution in [0.2, 0.25) is 0 Å². The zero-order chi connectivity index (χ0) is 14.8. The highest BCUT2D eigenvalue weighted by Crippen LogP contribution is 2.32. The van der Waals surface area contributed by atoms with Crippen LogP contribution in [0.25, 0.3) is 11.0 Å². The number of hydrogen-bond acceptors (Lipinski definition) is 2. The molecule has 0 saturated carbocycles. The van der Waals surface area contributed by atoms with Crippen molar-refractivity contribution < 1.29 is 0 Å². The van der Waals surface area contributed by atoms with E-state index >= 15 is 0 Å². The van der Waals surface area contributed by atoms with Crippen LogP contribution in [0.15, 0.2) is 24.3 Å². The van der Waals surface area contributed by atoms with Crippen LogP contribution < -0.4 is 5.73 Å². The van der Waals surface area contributed by atoms with E-state index in [1.54, 1.807) is 0 Å². The Morgan fingerprint density at radius 1 is 1.20 bits per heavy atom. The van der Waals surface area contributed by atoms with Gasteiger partial charge in [0, 0.05) is 13.5 Å². The van der Waals surface area contributed by atoms with Gasteiger partial charge in [-0.05, 0) is 42.9 Å². The Hall–Kier alpha value is -1.35. The maximum Gasteiger partial charge on any atom is 0.109 e. The summed E-state index contributed by atoms with van der Waals surface area (Å²) in [5, 5.41) is 0. The third-order valence-corrected chi connectivity index (χ3v) is 4.34. The standard InChI is InChI=1S/C17H27N3/c1-17(2,3)13(11-12-18)9-10-16-19-14-7-5-6-8-15(14)20(16)4/h5-8,13H,9-12,18H2,1-4H3. The van der Waals surface area contributed by atoms with E-state index in [-0.39, 0.29) is 0 Å². The van der Waals surface area contributed by atoms with Crippen molar-refractivity contribution in [2.45, 2.75) is 40.0 Å². The zero-order valence-corrected chi connectivity index (χ0v) is 13.2. The molecule has 1 aromatic carbocycles. The van der Waals surface area contributed by atoms with Gasteiger partial charge in [0.1, 0.15) is 5.82 Å². The van der Waals surface area contributed by atoms with Crippen LogP contribution >= 0.6 is 0 Å². The quantitative estimate of drug-likeness (QED) is 0.906. The second-order valence-electron chi connectivity index (χ2n) is 6.75. The Balaban J connectivity index is 2.14. The summed E-state index contributed by atoms with van der Waals surface area (Å²) in [5.74, 6) is 1.82. The van der Waals surface area contributed by atoms with Crippen molar-refractivity contribution in [3.05, 3.63) is 30.1 Å². The fraction of sp³-hybridized carbons (Fsp3) is 0.588. The molecule has 1 unspecified atom stereocenters. The highest BCUT2D eigenvalue weighted by atomic mass is 15.1. The highest BCUT2D eigenvalue weighted by molar-refractivity contribution is 5.75. The summed E-state index contributed by atoms with van der Waals surface area (Å²) in [6.45, 7) is 7.69. The third-order valence-electron chi connectivity index (χ3n) is 4.34. The minimum Gasteiger partial charge on any atom is -0.331 e. The largest absolute Gasteiger partial charge is 0.331 e. The number of imidazole rings is 1. The molecule has 20 heavy (non-hydrogen) atoms. The molecule has 0 fully saturated rings. The van der Waals surface area contributed by atoms with E-state index in [4.69, 9.17) is 10.7 Å². The van der Waals surface area contributed by atoms with Crippen molar-refractivity contribution >= 4 is 11.0 Å². The maximum absolute atomic E-state index is 5.77. The predicted octanol–water partition coefficient (Wildman–Crippen LogP) is 3.52. The minimum atomic E-state index is 0.309. The summed E-state index contributed by atoms with van der Waals surface area (Å²) in [6, 6.07) is 8.33. The summed E-state index contributed by atoms with van der Waals surface area (Å²) in [5.41, 5.74) is 8.38. The van der Waals surface area contributed by atoms with Crippen LogP contribution in [0.3, 0.4) is 0 Å². The maximum atomic E-state index is 5.77. The van der Waals surface area contributed by atoms with Gasteiger partial charge < -0.3 is 10.3 Å². The second kappa shape index (κ2) is 5.96. The Kier molecular flexibility index (Phi) is 4.48. The lowest BCUT2D eigenvalue weighted by molar-refractivity contribution is 0.213. The molecule has 2 aromatic rings. The Labute approximate surface area is 122 Å². The van der Waals surface area contributed by atoms with Crippen LogP contribution in [-0.4, -0.2) is 16.1 Å². The first-order chi connectivity index (χ1) is 9.43. The van der Waals surface area contributed by atoms with Gasteiger partial charge in [-0.15, -0.1) is 0 Å². The lowest BCUT2D eigenvalue weighted by atomic mass is 9.76. The van der Waals surface area contributed by atoms with E-state index in [1.165, 1.54) is 11.3 Å². The third kappa shape index (κ3) is 3.21. The molecule has 1 heterocycles. The van der Waals surface area contributed by atoms with Crippen LogP contribution in [0.4, 0.5) is 0 Å². The SMILES string of the molecule is Cn1c(CCC(CCN)C(C)(C)C)nc2ccccc21. The molecule has 2 N–H and O–H groups in total. The molecular weight excluding hydrogens is 246 g/mol. The average Bonchev–Trinajstić information content (AvgIpc) is 2.71. The number of rotatable bonds is 5. The van der Waals surface area contributed by atoms with Crippen molar-refractivity contribution in [1.29, 1.82) is 0 Å². The molecule has 110 valence electrons. The molecule has 0 radical (unpaired) electrons. The molecule has 1 aromatic heterocycles. The van der Waals surface area contributed by atoms with E-state index in [0.717, 1.165) is 31.3 Å². The number of nitrogens with zero attached hydrogens (tertiary/aromatic N) is 2. The van der Waals surface area contributed by atoms with E-state index < -0.39 is 0 Å². The van der Waals surface area contributed by atoms with Gasteiger partial charge in [-0.3, -0.25) is 0 Å². The number of fused-ring (bicyclic) bond motifs is 1. The van der Waals surface area contributed by atoms with E-state index in [0.29, 0.717) is 11.3 Å². The highest BCUT2D eigenvalue weighted by Gasteiger charge is 2.24. The van der Waals surface area contributed by atoms with Crippen molar-refractivity contribution in [2.24, 2.45) is 24.1 Å². The molecule has 0 amide bonds. The van der Waals surface area contributed by atoms with Gasteiger partial charge in [0.15, 0.2) is 0 Å². The molecule has 1 atom stereocenters. The van der Waals surface area contributed by atoms with Crippen molar-refractivity contribution in [2.75, 3.05) is 6.54 Å². The fourth-order valence-electron chi connectivity index (χ4n) is 2.93. The topological polar surface area (TPSA) is 43.8 Å². The Bertz CT molecular complexity index is 563. The molecule has 0 aliphatic heterocycles. The van der Waals surface area contributed by atoms with Crippen LogP contribution in [-0.2, 0) is 13.5 Å². The minimum absolute atomic E-state index is 0.309. The number of aryl methyl sites for hydroxylation is 2. The van der Waals surface area contributed by atoms with E-state index in [2.05, 4.69) is 50.6 Å². The number of benzene rings is 1. The predicted molar refractivity (Wildman–Crippen MR) is 85.7 cm³/mol. The Morgan fingerprint density at radius 2 is 1.90 bits per heavy atom. The zero-order valence-electron chi connectivity index (χ0n) is 13.2. The lowest BCUT2D eigenvalue weighted by Gasteiger charge is -2.30. The fourth-order valence-corrected chi connectivity index (χ4v) is 2.93. The molecule has 0 aliphatic carbocycles. The van der Waals surface area contributed by atoms with Gasteiger partial charge >= 0.3 is 0 Å². The molecule has 3 heteroatoms. The summed E-state index contributed by atoms with van der Waals surface area (Å²) in [7, 11) is 2.11.